The monoisotopic (exact) mass is 281 g/mol. The molecule has 0 fully saturated rings. The van der Waals surface area contributed by atoms with Crippen LogP contribution in [0.2, 0.25) is 0 Å². The molecule has 0 aliphatic heterocycles. The minimum atomic E-state index is -0.346. The Hall–Kier alpha value is -1.63. The van der Waals surface area contributed by atoms with Gasteiger partial charge in [-0.05, 0) is 33.0 Å². The van der Waals surface area contributed by atoms with E-state index in [-0.39, 0.29) is 11.9 Å². The van der Waals surface area contributed by atoms with Crippen LogP contribution < -0.4 is 0 Å². The fraction of sp³-hybridized carbons (Fsp3) is 0.583. The lowest BCUT2D eigenvalue weighted by Crippen LogP contribution is -2.33. The van der Waals surface area contributed by atoms with E-state index in [4.69, 9.17) is 12.2 Å². The van der Waals surface area contributed by atoms with Gasteiger partial charge in [0, 0.05) is 20.6 Å². The Bertz CT molecular complexity index is 680. The number of nitrogens with zero attached hydrogens (tertiary/aromatic N) is 4. The maximum absolute atomic E-state index is 12.3. The van der Waals surface area contributed by atoms with Crippen LogP contribution >= 0.6 is 12.2 Å². The summed E-state index contributed by atoms with van der Waals surface area (Å²) in [5.74, 6) is 0.0401. The van der Waals surface area contributed by atoms with Crippen molar-refractivity contribution in [2.45, 2.75) is 26.8 Å². The van der Waals surface area contributed by atoms with E-state index in [2.05, 4.69) is 10.1 Å². The molecule has 0 aliphatic rings. The number of rotatable bonds is 3. The predicted octanol–water partition coefficient (Wildman–Crippen LogP) is 1.78. The minimum absolute atomic E-state index is 0.0401. The van der Waals surface area contributed by atoms with E-state index in [1.54, 1.807) is 16.6 Å². The van der Waals surface area contributed by atoms with Crippen LogP contribution in [0, 0.1) is 11.7 Å². The zero-order valence-electron chi connectivity index (χ0n) is 11.9. The molecule has 1 N–H and O–H groups in total. The van der Waals surface area contributed by atoms with Crippen molar-refractivity contribution in [3.8, 4) is 0 Å². The summed E-state index contributed by atoms with van der Waals surface area (Å²) in [4.78, 5) is 17.1. The first kappa shape index (κ1) is 13.8. The van der Waals surface area contributed by atoms with E-state index < -0.39 is 0 Å². The SMILES string of the molecule is CCN(C)C(=O)C(C)n1c(=S)[nH]c2c(C)nn(C)c21. The number of imidazole rings is 1. The molecule has 1 unspecified atom stereocenters. The highest BCUT2D eigenvalue weighted by Crippen LogP contribution is 2.22. The number of carbonyl (C=O) groups excluding carboxylic acids is 1. The fourth-order valence-corrected chi connectivity index (χ4v) is 2.62. The third kappa shape index (κ3) is 2.07. The number of fused-ring (bicyclic) bond motifs is 1. The van der Waals surface area contributed by atoms with Crippen LogP contribution in [0.1, 0.15) is 25.6 Å². The molecule has 2 aromatic rings. The Labute approximate surface area is 117 Å². The lowest BCUT2D eigenvalue weighted by atomic mass is 10.3. The second-order valence-corrected chi connectivity index (χ2v) is 5.12. The lowest BCUT2D eigenvalue weighted by Gasteiger charge is -2.21. The molecule has 2 aromatic heterocycles. The maximum Gasteiger partial charge on any atom is 0.245 e. The van der Waals surface area contributed by atoms with Gasteiger partial charge in [-0.1, -0.05) is 0 Å². The molecule has 0 spiro atoms. The highest BCUT2D eigenvalue weighted by atomic mass is 32.1. The van der Waals surface area contributed by atoms with Gasteiger partial charge in [0.2, 0.25) is 5.91 Å². The molecule has 1 atom stereocenters. The summed E-state index contributed by atoms with van der Waals surface area (Å²) in [7, 11) is 3.65. The number of carbonyl (C=O) groups is 1. The van der Waals surface area contributed by atoms with Crippen molar-refractivity contribution in [3.05, 3.63) is 10.5 Å². The molecule has 7 heteroatoms. The van der Waals surface area contributed by atoms with Gasteiger partial charge in [0.25, 0.3) is 0 Å². The molecule has 2 rings (SSSR count). The summed E-state index contributed by atoms with van der Waals surface area (Å²) in [5, 5.41) is 4.35. The van der Waals surface area contributed by atoms with Crippen LogP contribution in [0.25, 0.3) is 11.2 Å². The number of aromatic amines is 1. The highest BCUT2D eigenvalue weighted by molar-refractivity contribution is 7.71. The molecule has 0 aliphatic carbocycles. The van der Waals surface area contributed by atoms with Crippen LogP contribution in [-0.2, 0) is 11.8 Å². The summed E-state index contributed by atoms with van der Waals surface area (Å²) in [6.45, 7) is 6.40. The molecule has 0 saturated carbocycles. The van der Waals surface area contributed by atoms with Gasteiger partial charge in [0.1, 0.15) is 11.6 Å². The van der Waals surface area contributed by atoms with Crippen LogP contribution in [0.4, 0.5) is 0 Å². The van der Waals surface area contributed by atoms with Crippen LogP contribution in [0.15, 0.2) is 0 Å². The zero-order valence-corrected chi connectivity index (χ0v) is 12.7. The Morgan fingerprint density at radius 3 is 2.79 bits per heavy atom. The number of aromatic nitrogens is 4. The quantitative estimate of drug-likeness (QED) is 0.872. The van der Waals surface area contributed by atoms with Crippen LogP contribution in [0.3, 0.4) is 0 Å². The molecule has 104 valence electrons. The van der Waals surface area contributed by atoms with Gasteiger partial charge < -0.3 is 9.88 Å². The average molecular weight is 281 g/mol. The summed E-state index contributed by atoms with van der Waals surface area (Å²) in [6.07, 6.45) is 0. The Kier molecular flexibility index (Phi) is 3.49. The van der Waals surface area contributed by atoms with Crippen molar-refractivity contribution in [3.63, 3.8) is 0 Å². The van der Waals surface area contributed by atoms with Gasteiger partial charge in [-0.3, -0.25) is 14.0 Å². The standard InChI is InChI=1S/C12H19N5OS/c1-6-15(4)11(18)8(3)17-10-9(13-12(17)19)7(2)14-16(10)5/h8H,6H2,1-5H3,(H,13,19). The van der Waals surface area contributed by atoms with E-state index in [1.165, 1.54) is 0 Å². The van der Waals surface area contributed by atoms with Crippen LogP contribution in [-0.4, -0.2) is 43.7 Å². The molecule has 0 saturated heterocycles. The van der Waals surface area contributed by atoms with Crippen molar-refractivity contribution in [1.82, 2.24) is 24.2 Å². The molecule has 2 heterocycles. The molecule has 0 bridgehead atoms. The zero-order chi connectivity index (χ0) is 14.3. The first-order valence-corrected chi connectivity index (χ1v) is 6.68. The Balaban J connectivity index is 2.59. The van der Waals surface area contributed by atoms with Crippen LogP contribution in [0.5, 0.6) is 0 Å². The van der Waals surface area contributed by atoms with Gasteiger partial charge in [0.05, 0.1) is 5.69 Å². The van der Waals surface area contributed by atoms with E-state index in [0.717, 1.165) is 16.9 Å². The number of H-pyrrole nitrogens is 1. The number of hydrogen-bond donors (Lipinski definition) is 1. The fourth-order valence-electron chi connectivity index (χ4n) is 2.28. The van der Waals surface area contributed by atoms with E-state index >= 15 is 0 Å². The molecular formula is C12H19N5OS. The summed E-state index contributed by atoms with van der Waals surface area (Å²) in [5.41, 5.74) is 2.63. The Morgan fingerprint density at radius 1 is 1.58 bits per heavy atom. The van der Waals surface area contributed by atoms with Crippen molar-refractivity contribution < 1.29 is 4.79 Å². The summed E-state index contributed by atoms with van der Waals surface area (Å²) >= 11 is 5.34. The minimum Gasteiger partial charge on any atom is -0.344 e. The molecule has 0 radical (unpaired) electrons. The average Bonchev–Trinajstić information content (AvgIpc) is 2.85. The summed E-state index contributed by atoms with van der Waals surface area (Å²) in [6, 6.07) is -0.346. The first-order valence-electron chi connectivity index (χ1n) is 6.27. The maximum atomic E-state index is 12.3. The topological polar surface area (TPSA) is 58.9 Å². The number of nitrogens with one attached hydrogen (secondary N) is 1. The number of amides is 1. The molecule has 1 amide bonds. The molecule has 19 heavy (non-hydrogen) atoms. The van der Waals surface area contributed by atoms with Gasteiger partial charge >= 0.3 is 0 Å². The third-order valence-corrected chi connectivity index (χ3v) is 3.76. The van der Waals surface area contributed by atoms with Crippen molar-refractivity contribution in [1.29, 1.82) is 0 Å². The van der Waals surface area contributed by atoms with Gasteiger partial charge in [-0.25, -0.2) is 0 Å². The van der Waals surface area contributed by atoms with E-state index in [1.807, 2.05) is 32.4 Å². The third-order valence-electron chi connectivity index (χ3n) is 3.47. The van der Waals surface area contributed by atoms with Crippen molar-refractivity contribution >= 4 is 29.3 Å². The normalized spacial score (nSPS) is 12.9. The predicted molar refractivity (Wildman–Crippen MR) is 76.6 cm³/mol. The summed E-state index contributed by atoms with van der Waals surface area (Å²) < 4.78 is 4.14. The lowest BCUT2D eigenvalue weighted by molar-refractivity contribution is -0.132. The molecular weight excluding hydrogens is 262 g/mol. The van der Waals surface area contributed by atoms with Gasteiger partial charge in [-0.2, -0.15) is 5.10 Å². The second-order valence-electron chi connectivity index (χ2n) is 4.74. The number of hydrogen-bond acceptors (Lipinski definition) is 3. The van der Waals surface area contributed by atoms with E-state index in [0.29, 0.717) is 11.3 Å². The Morgan fingerprint density at radius 2 is 2.21 bits per heavy atom. The largest absolute Gasteiger partial charge is 0.344 e. The smallest absolute Gasteiger partial charge is 0.245 e. The van der Waals surface area contributed by atoms with Crippen molar-refractivity contribution in [2.75, 3.05) is 13.6 Å². The van der Waals surface area contributed by atoms with Gasteiger partial charge in [0.15, 0.2) is 10.4 Å². The highest BCUT2D eigenvalue weighted by Gasteiger charge is 2.23. The second kappa shape index (κ2) is 4.80. The van der Waals surface area contributed by atoms with Gasteiger partial charge in [-0.15, -0.1) is 0 Å². The molecule has 0 aromatic carbocycles. The first-order chi connectivity index (χ1) is 8.88. The van der Waals surface area contributed by atoms with E-state index in [9.17, 15) is 4.79 Å². The number of aryl methyl sites for hydroxylation is 2. The van der Waals surface area contributed by atoms with Crippen molar-refractivity contribution in [2.24, 2.45) is 7.05 Å². The molecule has 6 nitrogen and oxygen atoms in total. The number of likely N-dealkylation sites (N-methyl/N-ethyl adjacent to an activating group) is 1.